The highest BCUT2D eigenvalue weighted by atomic mass is 16.5. The number of hydrogen-bond donors (Lipinski definition) is 1. The highest BCUT2D eigenvalue weighted by Crippen LogP contribution is 2.36. The van der Waals surface area contributed by atoms with Crippen LogP contribution < -0.4 is 10.1 Å². The molecule has 0 bridgehead atoms. The van der Waals surface area contributed by atoms with Crippen molar-refractivity contribution in [2.24, 2.45) is 0 Å². The number of hydrogen-bond acceptors (Lipinski definition) is 4. The molecule has 28 heavy (non-hydrogen) atoms. The summed E-state index contributed by atoms with van der Waals surface area (Å²) in [5.74, 6) is 0.890. The molecule has 0 saturated carbocycles. The molecule has 5 rings (SSSR count). The molecule has 0 radical (unpaired) electrons. The number of amides is 1. The van der Waals surface area contributed by atoms with Crippen molar-refractivity contribution < 1.29 is 14.3 Å². The van der Waals surface area contributed by atoms with Gasteiger partial charge in [0.25, 0.3) is 0 Å². The molecule has 142 valence electrons. The minimum Gasteiger partial charge on any atom is -0.488 e. The lowest BCUT2D eigenvalue weighted by atomic mass is 9.97. The first-order valence-electron chi connectivity index (χ1n) is 9.80. The lowest BCUT2D eigenvalue weighted by molar-refractivity contribution is -0.130. The number of nitrogens with zero attached hydrogens (tertiary/aromatic N) is 1. The summed E-state index contributed by atoms with van der Waals surface area (Å²) in [5.41, 5.74) is 3.47. The summed E-state index contributed by atoms with van der Waals surface area (Å²) in [6.07, 6.45) is 5.89. The Hall–Kier alpha value is -2.92. The van der Waals surface area contributed by atoms with E-state index in [1.807, 2.05) is 18.3 Å². The van der Waals surface area contributed by atoms with Crippen LogP contribution in [0.4, 0.5) is 0 Å². The zero-order chi connectivity index (χ0) is 18.9. The number of rotatable bonds is 4. The summed E-state index contributed by atoms with van der Waals surface area (Å²) in [5, 5.41) is 5.38. The van der Waals surface area contributed by atoms with Gasteiger partial charge in [0.15, 0.2) is 0 Å². The van der Waals surface area contributed by atoms with Crippen LogP contribution in [-0.4, -0.2) is 36.3 Å². The second-order valence-corrected chi connectivity index (χ2v) is 7.41. The van der Waals surface area contributed by atoms with Crippen LogP contribution in [0.3, 0.4) is 0 Å². The third-order valence-electron chi connectivity index (χ3n) is 5.53. The summed E-state index contributed by atoms with van der Waals surface area (Å²) in [4.78, 5) is 16.4. The first-order valence-corrected chi connectivity index (χ1v) is 9.80. The van der Waals surface area contributed by atoms with Crippen molar-refractivity contribution in [1.82, 2.24) is 10.3 Å². The van der Waals surface area contributed by atoms with Crippen LogP contribution >= 0.6 is 0 Å². The first-order chi connectivity index (χ1) is 13.8. The minimum absolute atomic E-state index is 0.0250. The molecule has 2 aliphatic heterocycles. The van der Waals surface area contributed by atoms with Gasteiger partial charge in [-0.3, -0.25) is 9.78 Å². The maximum Gasteiger partial charge on any atom is 0.249 e. The van der Waals surface area contributed by atoms with E-state index < -0.39 is 0 Å². The smallest absolute Gasteiger partial charge is 0.249 e. The molecule has 2 aromatic carbocycles. The predicted molar refractivity (Wildman–Crippen MR) is 107 cm³/mol. The van der Waals surface area contributed by atoms with E-state index in [-0.39, 0.29) is 18.1 Å². The largest absolute Gasteiger partial charge is 0.488 e. The first kappa shape index (κ1) is 17.2. The van der Waals surface area contributed by atoms with Crippen LogP contribution in [-0.2, 0) is 16.0 Å². The van der Waals surface area contributed by atoms with Crippen LogP contribution in [0.5, 0.6) is 5.75 Å². The second-order valence-electron chi connectivity index (χ2n) is 7.41. The van der Waals surface area contributed by atoms with Gasteiger partial charge >= 0.3 is 0 Å². The van der Waals surface area contributed by atoms with Crippen molar-refractivity contribution in [2.75, 3.05) is 13.2 Å². The Morgan fingerprint density at radius 2 is 2.14 bits per heavy atom. The SMILES string of the molecule is O=C(NC[C@H]1Cc2c(ccc3cc(-c4cccnc4)ccc23)O1)[C@@H]1CCCO1. The van der Waals surface area contributed by atoms with Crippen molar-refractivity contribution in [3.63, 3.8) is 0 Å². The molecule has 0 aliphatic carbocycles. The Labute approximate surface area is 163 Å². The molecule has 2 aliphatic rings. The molecule has 3 aromatic rings. The third-order valence-corrected chi connectivity index (χ3v) is 5.53. The number of ether oxygens (including phenoxy) is 2. The molecule has 1 amide bonds. The van der Waals surface area contributed by atoms with Gasteiger partial charge in [-0.05, 0) is 47.4 Å². The molecule has 0 spiro atoms. The zero-order valence-corrected chi connectivity index (χ0v) is 15.6. The van der Waals surface area contributed by atoms with Gasteiger partial charge in [-0.2, -0.15) is 0 Å². The molecule has 1 aromatic heterocycles. The number of aromatic nitrogens is 1. The molecule has 1 fully saturated rings. The van der Waals surface area contributed by atoms with E-state index in [1.165, 1.54) is 16.3 Å². The average molecular weight is 374 g/mol. The zero-order valence-electron chi connectivity index (χ0n) is 15.6. The van der Waals surface area contributed by atoms with E-state index in [1.54, 1.807) is 6.20 Å². The van der Waals surface area contributed by atoms with Gasteiger partial charge < -0.3 is 14.8 Å². The lowest BCUT2D eigenvalue weighted by Crippen LogP contribution is -2.40. The number of carbonyl (C=O) groups is 1. The van der Waals surface area contributed by atoms with E-state index in [0.29, 0.717) is 13.2 Å². The monoisotopic (exact) mass is 374 g/mol. The highest BCUT2D eigenvalue weighted by molar-refractivity contribution is 5.91. The van der Waals surface area contributed by atoms with Gasteiger partial charge in [0.05, 0.1) is 6.54 Å². The third kappa shape index (κ3) is 3.22. The fourth-order valence-electron chi connectivity index (χ4n) is 4.08. The molecular formula is C23H22N2O3. The van der Waals surface area contributed by atoms with Crippen molar-refractivity contribution in [1.29, 1.82) is 0 Å². The summed E-state index contributed by atoms with van der Waals surface area (Å²) >= 11 is 0. The normalized spacial score (nSPS) is 20.7. The molecule has 5 heteroatoms. The molecule has 1 N–H and O–H groups in total. The Kier molecular flexibility index (Phi) is 4.45. The highest BCUT2D eigenvalue weighted by Gasteiger charge is 2.28. The lowest BCUT2D eigenvalue weighted by Gasteiger charge is -2.14. The van der Waals surface area contributed by atoms with E-state index in [2.05, 4.69) is 40.6 Å². The molecule has 5 nitrogen and oxygen atoms in total. The maximum atomic E-state index is 12.2. The number of carbonyl (C=O) groups excluding carboxylic acids is 1. The van der Waals surface area contributed by atoms with E-state index in [4.69, 9.17) is 9.47 Å². The number of benzene rings is 2. The standard InChI is InChI=1S/C23H22N2O3/c26-23(22-4-2-10-27-22)25-14-18-12-20-19-7-5-15(17-3-1-9-24-13-17)11-16(19)6-8-21(20)28-18/h1,3,5-9,11,13,18,22H,2,4,10,12,14H2,(H,25,26)/t18-,22+/m1/s1. The van der Waals surface area contributed by atoms with E-state index >= 15 is 0 Å². The van der Waals surface area contributed by atoms with Gasteiger partial charge in [-0.25, -0.2) is 0 Å². The van der Waals surface area contributed by atoms with Gasteiger partial charge in [0.2, 0.25) is 5.91 Å². The molecular weight excluding hydrogens is 352 g/mol. The van der Waals surface area contributed by atoms with Crippen LogP contribution in [0.15, 0.2) is 54.9 Å². The Bertz CT molecular complexity index is 1010. The maximum absolute atomic E-state index is 12.2. The quantitative estimate of drug-likeness (QED) is 0.759. The summed E-state index contributed by atoms with van der Waals surface area (Å²) in [6.45, 7) is 1.18. The van der Waals surface area contributed by atoms with Crippen molar-refractivity contribution in [3.05, 3.63) is 60.4 Å². The fourth-order valence-corrected chi connectivity index (χ4v) is 4.08. The second kappa shape index (κ2) is 7.24. The van der Waals surface area contributed by atoms with Gasteiger partial charge in [0, 0.05) is 36.5 Å². The van der Waals surface area contributed by atoms with Gasteiger partial charge in [-0.1, -0.05) is 24.3 Å². The number of pyridine rings is 1. The average Bonchev–Trinajstić information content (AvgIpc) is 3.42. The summed E-state index contributed by atoms with van der Waals surface area (Å²) in [7, 11) is 0. The summed E-state index contributed by atoms with van der Waals surface area (Å²) in [6, 6.07) is 14.6. The van der Waals surface area contributed by atoms with Crippen molar-refractivity contribution in [3.8, 4) is 16.9 Å². The van der Waals surface area contributed by atoms with Crippen molar-refractivity contribution in [2.45, 2.75) is 31.5 Å². The molecule has 3 heterocycles. The van der Waals surface area contributed by atoms with E-state index in [0.717, 1.165) is 36.1 Å². The minimum atomic E-state index is -0.296. The Morgan fingerprint density at radius 3 is 2.96 bits per heavy atom. The molecule has 0 unspecified atom stereocenters. The van der Waals surface area contributed by atoms with Crippen LogP contribution in [0.2, 0.25) is 0 Å². The van der Waals surface area contributed by atoms with E-state index in [9.17, 15) is 4.79 Å². The van der Waals surface area contributed by atoms with Crippen molar-refractivity contribution >= 4 is 16.7 Å². The topological polar surface area (TPSA) is 60.5 Å². The van der Waals surface area contributed by atoms with Crippen LogP contribution in [0.25, 0.3) is 21.9 Å². The molecule has 2 atom stereocenters. The van der Waals surface area contributed by atoms with Crippen LogP contribution in [0, 0.1) is 0 Å². The number of nitrogens with one attached hydrogen (secondary N) is 1. The van der Waals surface area contributed by atoms with Gasteiger partial charge in [-0.15, -0.1) is 0 Å². The predicted octanol–water partition coefficient (Wildman–Crippen LogP) is 3.50. The molecule has 1 saturated heterocycles. The van der Waals surface area contributed by atoms with Gasteiger partial charge in [0.1, 0.15) is 18.0 Å². The van der Waals surface area contributed by atoms with Crippen LogP contribution in [0.1, 0.15) is 18.4 Å². The fraction of sp³-hybridized carbons (Fsp3) is 0.304. The Morgan fingerprint density at radius 1 is 1.18 bits per heavy atom. The number of fused-ring (bicyclic) bond motifs is 3. The Balaban J connectivity index is 1.33. The summed E-state index contributed by atoms with van der Waals surface area (Å²) < 4.78 is 11.5.